The van der Waals surface area contributed by atoms with Crippen LogP contribution < -0.4 is 25.4 Å². The number of benzene rings is 4. The van der Waals surface area contributed by atoms with Gasteiger partial charge in [-0.05, 0) is 136 Å². The summed E-state index contributed by atoms with van der Waals surface area (Å²) in [4.78, 5) is 66.3. The molecule has 8 rings (SSSR count). The summed E-state index contributed by atoms with van der Waals surface area (Å²) in [5.74, 6) is 1.41. The molecule has 2 fully saturated rings. The zero-order chi connectivity index (χ0) is 61.7. The first-order chi connectivity index (χ1) is 42.9. The molecule has 474 valence electrons. The first-order valence-electron chi connectivity index (χ1n) is 30.3. The molecule has 5 amide bonds. The van der Waals surface area contributed by atoms with Crippen LogP contribution in [0, 0.1) is 5.92 Å². The fraction of sp³-hybridized carbons (Fsp3) is 0.484. The Labute approximate surface area is 533 Å². The lowest BCUT2D eigenvalue weighted by Gasteiger charge is -2.35. The smallest absolute Gasteiger partial charge is 0.325 e. The molecule has 21 nitrogen and oxygen atoms in total. The van der Waals surface area contributed by atoms with Crippen LogP contribution in [0.3, 0.4) is 0 Å². The number of likely N-dealkylation sites (N-methyl/N-ethyl adjacent to an activating group) is 2. The minimum Gasteiger partial charge on any atom is -0.494 e. The highest BCUT2D eigenvalue weighted by Crippen LogP contribution is 2.29. The van der Waals surface area contributed by atoms with Crippen molar-refractivity contribution in [2.45, 2.75) is 70.5 Å². The van der Waals surface area contributed by atoms with Crippen molar-refractivity contribution in [2.24, 2.45) is 5.92 Å². The van der Waals surface area contributed by atoms with Crippen molar-refractivity contribution in [3.63, 3.8) is 0 Å². The number of unbranched alkanes of at least 4 members (excludes halogenated alkanes) is 1. The first-order valence-corrected chi connectivity index (χ1v) is 32.3. The van der Waals surface area contributed by atoms with Crippen LogP contribution in [-0.4, -0.2) is 189 Å². The molecule has 1 unspecified atom stereocenters. The Morgan fingerprint density at radius 1 is 0.750 bits per heavy atom. The zero-order valence-corrected chi connectivity index (χ0v) is 53.6. The minimum atomic E-state index is -0.800. The third-order valence-electron chi connectivity index (χ3n) is 15.1. The summed E-state index contributed by atoms with van der Waals surface area (Å²) in [7, 11) is 4.14. The molecule has 0 spiro atoms. The Balaban J connectivity index is 0.618. The van der Waals surface area contributed by atoms with E-state index in [9.17, 15) is 19.2 Å². The molecule has 6 aromatic rings. The van der Waals surface area contributed by atoms with Gasteiger partial charge in [-0.15, -0.1) is 16.4 Å². The van der Waals surface area contributed by atoms with E-state index in [0.717, 1.165) is 84.5 Å². The van der Waals surface area contributed by atoms with Gasteiger partial charge >= 0.3 is 6.03 Å². The molecule has 88 heavy (non-hydrogen) atoms. The number of ether oxygens (including phenoxy) is 6. The van der Waals surface area contributed by atoms with Gasteiger partial charge in [-0.25, -0.2) is 14.5 Å². The number of amides is 5. The minimum absolute atomic E-state index is 0.0461. The Kier molecular flexibility index (Phi) is 28.2. The van der Waals surface area contributed by atoms with Gasteiger partial charge in [0.2, 0.25) is 17.7 Å². The maximum atomic E-state index is 14.3. The fourth-order valence-corrected chi connectivity index (χ4v) is 11.0. The number of halogens is 2. The Morgan fingerprint density at radius 3 is 2.18 bits per heavy atom. The number of urea groups is 1. The molecule has 2 aromatic heterocycles. The van der Waals surface area contributed by atoms with Gasteiger partial charge in [0, 0.05) is 98.6 Å². The highest BCUT2D eigenvalue weighted by Gasteiger charge is 2.33. The third-order valence-corrected chi connectivity index (χ3v) is 16.7. The van der Waals surface area contributed by atoms with Crippen molar-refractivity contribution in [3.8, 4) is 11.5 Å². The number of carbonyl (C=O) groups is 4. The molecule has 2 aliphatic rings. The monoisotopic (exact) mass is 1310 g/mol. The van der Waals surface area contributed by atoms with E-state index >= 15 is 0 Å². The normalized spacial score (nSPS) is 14.2. The summed E-state index contributed by atoms with van der Waals surface area (Å²) in [6.07, 6.45) is 7.11. The lowest BCUT2D eigenvalue weighted by Crippen LogP contribution is -2.47. The predicted octanol–water partition coefficient (Wildman–Crippen LogP) is 8.82. The van der Waals surface area contributed by atoms with Crippen molar-refractivity contribution < 1.29 is 47.6 Å². The van der Waals surface area contributed by atoms with E-state index in [2.05, 4.69) is 64.0 Å². The number of anilines is 2. The van der Waals surface area contributed by atoms with Gasteiger partial charge < -0.3 is 58.7 Å². The average Bonchev–Trinajstić information content (AvgIpc) is 3.47. The lowest BCUT2D eigenvalue weighted by atomic mass is 9.96. The summed E-state index contributed by atoms with van der Waals surface area (Å²) in [6.45, 7) is 11.5. The van der Waals surface area contributed by atoms with Gasteiger partial charge in [0.05, 0.1) is 70.6 Å². The Bertz CT molecular complexity index is 3040. The van der Waals surface area contributed by atoms with Crippen LogP contribution in [-0.2, 0) is 65.7 Å². The lowest BCUT2D eigenvalue weighted by molar-refractivity contribution is -0.142. The molecule has 0 saturated carbocycles. The zero-order valence-electron chi connectivity index (χ0n) is 50.5. The molecule has 4 heterocycles. The molecule has 0 radical (unpaired) electrons. The van der Waals surface area contributed by atoms with Crippen molar-refractivity contribution in [1.29, 1.82) is 0 Å². The largest absolute Gasteiger partial charge is 0.494 e. The van der Waals surface area contributed by atoms with Crippen LogP contribution in [0.5, 0.6) is 11.5 Å². The maximum Gasteiger partial charge on any atom is 0.325 e. The van der Waals surface area contributed by atoms with E-state index in [1.807, 2.05) is 78.8 Å². The molecular formula is C64H83BrClN11O10S. The average molecular weight is 1310 g/mol. The molecule has 0 aliphatic carbocycles. The predicted molar refractivity (Wildman–Crippen MR) is 343 cm³/mol. The molecule has 2 saturated heterocycles. The van der Waals surface area contributed by atoms with Crippen LogP contribution in [0.15, 0.2) is 113 Å². The Hall–Kier alpha value is -6.54. The number of nitrogens with zero attached hydrogens (tertiary/aromatic N) is 8. The molecule has 4 aromatic carbocycles. The summed E-state index contributed by atoms with van der Waals surface area (Å²) >= 11 is 10.9. The van der Waals surface area contributed by atoms with E-state index in [-0.39, 0.29) is 36.5 Å². The summed E-state index contributed by atoms with van der Waals surface area (Å²) in [5, 5.41) is 19.9. The van der Waals surface area contributed by atoms with Crippen LogP contribution >= 0.6 is 38.9 Å². The van der Waals surface area contributed by atoms with E-state index in [0.29, 0.717) is 139 Å². The van der Waals surface area contributed by atoms with Crippen LogP contribution in [0.1, 0.15) is 66.2 Å². The number of aromatic nitrogens is 4. The molecule has 1 atom stereocenters. The standard InChI is InChI=1S/C64H83BrClN11O10S/c1-73(26-3-4-33-86-57-18-7-48(8-19-57)9-22-59(78)77(45-50-23-34-82-35-24-50)61(51-10-12-52(65)13-11-51)62(80)67-44-49-5-14-53(66)15-6-49)31-37-84-40-39-83-36-25-55-46-76(72-71-55)32-38-85-41-42-87-58-20-16-54(17-21-58)68-63(81)70-64-69-56(47-88-64)43-60(79)75-29-27-74(2)28-30-75/h5-8,10-21,46-47,50,61H,3-4,9,22-45H2,1-2H3,(H,67,80)(H2,68,69,70,81). The summed E-state index contributed by atoms with van der Waals surface area (Å²) in [5.41, 5.74) is 4.77. The fourth-order valence-electron chi connectivity index (χ4n) is 9.92. The number of carbonyl (C=O) groups excluding carboxylic acids is 4. The summed E-state index contributed by atoms with van der Waals surface area (Å²) in [6, 6.07) is 28.8. The van der Waals surface area contributed by atoms with Crippen LogP contribution in [0.2, 0.25) is 5.02 Å². The highest BCUT2D eigenvalue weighted by atomic mass is 79.9. The van der Waals surface area contributed by atoms with E-state index < -0.39 is 12.1 Å². The number of hydrogen-bond acceptors (Lipinski definition) is 16. The van der Waals surface area contributed by atoms with Crippen LogP contribution in [0.25, 0.3) is 0 Å². The number of piperazine rings is 1. The number of aryl methyl sites for hydroxylation is 1. The number of rotatable bonds is 36. The van der Waals surface area contributed by atoms with E-state index in [1.54, 1.807) is 51.4 Å². The highest BCUT2D eigenvalue weighted by molar-refractivity contribution is 9.10. The van der Waals surface area contributed by atoms with E-state index in [4.69, 9.17) is 40.0 Å². The van der Waals surface area contributed by atoms with E-state index in [1.165, 1.54) is 11.3 Å². The SMILES string of the molecule is CN(CCCCOc1ccc(CCC(=O)N(CC2CCOCC2)C(C(=O)NCc2ccc(Cl)cc2)c2ccc(Br)cc2)cc1)CCOCCOCCc1cn(CCOCCOc2ccc(NC(=O)Nc3nc(CC(=O)N4CCN(C)CC4)cs3)cc2)nn1. The Morgan fingerprint density at radius 2 is 1.43 bits per heavy atom. The van der Waals surface area contributed by atoms with Gasteiger partial charge in [-0.1, -0.05) is 69.1 Å². The second-order valence-corrected chi connectivity index (χ2v) is 24.1. The van der Waals surface area contributed by atoms with Crippen molar-refractivity contribution in [3.05, 3.63) is 146 Å². The molecule has 0 bridgehead atoms. The molecule has 24 heteroatoms. The first kappa shape index (κ1) is 67.4. The maximum absolute atomic E-state index is 14.3. The van der Waals surface area contributed by atoms with Crippen molar-refractivity contribution in [2.75, 3.05) is 137 Å². The number of thiazole rings is 1. The second-order valence-electron chi connectivity index (χ2n) is 21.9. The molecular weight excluding hydrogens is 1230 g/mol. The molecule has 3 N–H and O–H groups in total. The molecule has 2 aliphatic heterocycles. The van der Waals surface area contributed by atoms with Gasteiger partial charge in [-0.2, -0.15) is 0 Å². The van der Waals surface area contributed by atoms with Crippen molar-refractivity contribution >= 4 is 73.4 Å². The summed E-state index contributed by atoms with van der Waals surface area (Å²) < 4.78 is 37.6. The van der Waals surface area contributed by atoms with Gasteiger partial charge in [0.1, 0.15) is 24.1 Å². The van der Waals surface area contributed by atoms with Gasteiger partial charge in [0.25, 0.3) is 0 Å². The van der Waals surface area contributed by atoms with Gasteiger partial charge in [-0.3, -0.25) is 19.7 Å². The van der Waals surface area contributed by atoms with Gasteiger partial charge in [0.15, 0.2) is 5.13 Å². The topological polar surface area (TPSA) is 216 Å². The quantitative estimate of drug-likeness (QED) is 0.0313. The second kappa shape index (κ2) is 36.8. The van der Waals surface area contributed by atoms with Crippen LogP contribution in [0.4, 0.5) is 15.6 Å². The number of hydrogen-bond donors (Lipinski definition) is 3. The third kappa shape index (κ3) is 23.8. The van der Waals surface area contributed by atoms with Crippen molar-refractivity contribution in [1.82, 2.24) is 44.9 Å². The number of nitrogens with one attached hydrogen (secondary N) is 3.